The largest absolute Gasteiger partial charge is 0.480 e. The van der Waals surface area contributed by atoms with E-state index in [0.29, 0.717) is 19.4 Å². The van der Waals surface area contributed by atoms with Gasteiger partial charge in [-0.3, -0.25) is 9.59 Å². The number of carboxylic acid groups (broad SMARTS) is 2. The number of unbranched alkanes of at least 4 members (excludes halogenated alkanes) is 1. The van der Waals surface area contributed by atoms with Crippen LogP contribution in [0.4, 0.5) is 0 Å². The van der Waals surface area contributed by atoms with Crippen molar-refractivity contribution < 1.29 is 19.8 Å². The van der Waals surface area contributed by atoms with Crippen LogP contribution < -0.4 is 16.8 Å². The van der Waals surface area contributed by atoms with Crippen LogP contribution in [0.25, 0.3) is 0 Å². The second kappa shape index (κ2) is 8.03. The van der Waals surface area contributed by atoms with E-state index in [1.54, 1.807) is 0 Å². The van der Waals surface area contributed by atoms with Crippen molar-refractivity contribution in [2.75, 3.05) is 13.1 Å². The summed E-state index contributed by atoms with van der Waals surface area (Å²) in [6, 6.07) is -1.85. The predicted octanol–water partition coefficient (Wildman–Crippen LogP) is -1.43. The van der Waals surface area contributed by atoms with Crippen LogP contribution in [-0.4, -0.2) is 47.3 Å². The fourth-order valence-electron chi connectivity index (χ4n) is 1.16. The molecule has 0 saturated heterocycles. The molecule has 0 heterocycles. The minimum absolute atomic E-state index is 0.0606. The molecule has 0 fully saturated rings. The van der Waals surface area contributed by atoms with Gasteiger partial charge in [0.05, 0.1) is 0 Å². The van der Waals surface area contributed by atoms with E-state index >= 15 is 0 Å². The van der Waals surface area contributed by atoms with Gasteiger partial charge in [-0.25, -0.2) is 0 Å². The van der Waals surface area contributed by atoms with Crippen molar-refractivity contribution in [2.24, 2.45) is 11.5 Å². The van der Waals surface area contributed by atoms with Crippen molar-refractivity contribution in [2.45, 2.75) is 31.3 Å². The second-order valence-corrected chi connectivity index (χ2v) is 3.53. The molecule has 7 heteroatoms. The highest BCUT2D eigenvalue weighted by atomic mass is 16.4. The van der Waals surface area contributed by atoms with Gasteiger partial charge >= 0.3 is 11.9 Å². The molecule has 2 atom stereocenters. The first-order valence-corrected chi connectivity index (χ1v) is 5.13. The fraction of sp³-hybridized carbons (Fsp3) is 0.778. The molecule has 16 heavy (non-hydrogen) atoms. The quantitative estimate of drug-likeness (QED) is 0.308. The van der Waals surface area contributed by atoms with Gasteiger partial charge in [-0.2, -0.15) is 0 Å². The lowest BCUT2D eigenvalue weighted by molar-refractivity contribution is -0.141. The van der Waals surface area contributed by atoms with Gasteiger partial charge in [0.1, 0.15) is 12.1 Å². The summed E-state index contributed by atoms with van der Waals surface area (Å²) in [6.07, 6.45) is 1.85. The highest BCUT2D eigenvalue weighted by molar-refractivity contribution is 5.75. The zero-order chi connectivity index (χ0) is 12.6. The third-order valence-corrected chi connectivity index (χ3v) is 2.15. The van der Waals surface area contributed by atoms with Crippen molar-refractivity contribution in [3.8, 4) is 0 Å². The van der Waals surface area contributed by atoms with Crippen LogP contribution in [0, 0.1) is 0 Å². The first-order valence-electron chi connectivity index (χ1n) is 5.13. The van der Waals surface area contributed by atoms with Crippen molar-refractivity contribution >= 4 is 11.9 Å². The van der Waals surface area contributed by atoms with Gasteiger partial charge in [0, 0.05) is 6.54 Å². The molecule has 0 spiro atoms. The molecular weight excluding hydrogens is 214 g/mol. The van der Waals surface area contributed by atoms with Gasteiger partial charge in [0.25, 0.3) is 0 Å². The van der Waals surface area contributed by atoms with E-state index < -0.39 is 24.0 Å². The molecule has 0 aromatic heterocycles. The summed E-state index contributed by atoms with van der Waals surface area (Å²) < 4.78 is 0. The van der Waals surface area contributed by atoms with Crippen molar-refractivity contribution in [3.63, 3.8) is 0 Å². The molecule has 0 radical (unpaired) electrons. The van der Waals surface area contributed by atoms with Crippen molar-refractivity contribution in [1.29, 1.82) is 0 Å². The van der Waals surface area contributed by atoms with E-state index in [1.165, 1.54) is 0 Å². The number of hydrogen-bond donors (Lipinski definition) is 5. The molecule has 0 aromatic carbocycles. The molecular formula is C9H19N3O4. The van der Waals surface area contributed by atoms with Gasteiger partial charge in [-0.15, -0.1) is 0 Å². The van der Waals surface area contributed by atoms with Crippen LogP contribution in [0.5, 0.6) is 0 Å². The first kappa shape index (κ1) is 14.8. The van der Waals surface area contributed by atoms with Gasteiger partial charge in [-0.05, 0) is 19.4 Å². The maximum Gasteiger partial charge on any atom is 0.321 e. The average Bonchev–Trinajstić information content (AvgIpc) is 2.21. The van der Waals surface area contributed by atoms with Crippen molar-refractivity contribution in [3.05, 3.63) is 0 Å². The van der Waals surface area contributed by atoms with Gasteiger partial charge in [-0.1, -0.05) is 6.42 Å². The van der Waals surface area contributed by atoms with Crippen LogP contribution in [0.2, 0.25) is 0 Å². The van der Waals surface area contributed by atoms with Gasteiger partial charge < -0.3 is 27.0 Å². The van der Waals surface area contributed by atoms with Gasteiger partial charge in [0.15, 0.2) is 0 Å². The summed E-state index contributed by atoms with van der Waals surface area (Å²) >= 11 is 0. The Morgan fingerprint density at radius 3 is 2.25 bits per heavy atom. The molecule has 7 N–H and O–H groups in total. The number of carbonyl (C=O) groups is 2. The van der Waals surface area contributed by atoms with Crippen LogP contribution >= 0.6 is 0 Å². The number of rotatable bonds is 9. The molecule has 0 rings (SSSR count). The Labute approximate surface area is 93.8 Å². The standard InChI is InChI=1S/C9H19N3O4/c10-4-2-1-3-7(9(15)16)12-5-6(11)8(13)14/h6-7,12H,1-5,10-11H2,(H,13,14)(H,15,16)/t6?,7-/m0/s1. The third-order valence-electron chi connectivity index (χ3n) is 2.15. The van der Waals surface area contributed by atoms with Crippen molar-refractivity contribution in [1.82, 2.24) is 5.32 Å². The van der Waals surface area contributed by atoms with E-state index in [-0.39, 0.29) is 6.54 Å². The predicted molar refractivity (Wildman–Crippen MR) is 57.9 cm³/mol. The Bertz CT molecular complexity index is 235. The molecule has 0 aromatic rings. The van der Waals surface area contributed by atoms with Crippen LogP contribution in [0.1, 0.15) is 19.3 Å². The van der Waals surface area contributed by atoms with Crippen LogP contribution in [-0.2, 0) is 9.59 Å². The molecule has 1 unspecified atom stereocenters. The Morgan fingerprint density at radius 2 is 1.81 bits per heavy atom. The van der Waals surface area contributed by atoms with Gasteiger partial charge in [0.2, 0.25) is 0 Å². The third kappa shape index (κ3) is 6.33. The van der Waals surface area contributed by atoms with E-state index in [2.05, 4.69) is 5.32 Å². The molecule has 0 bridgehead atoms. The van der Waals surface area contributed by atoms with Crippen LogP contribution in [0.15, 0.2) is 0 Å². The highest BCUT2D eigenvalue weighted by Crippen LogP contribution is 2.00. The lowest BCUT2D eigenvalue weighted by atomic mass is 10.1. The topological polar surface area (TPSA) is 139 Å². The Balaban J connectivity index is 3.94. The lowest BCUT2D eigenvalue weighted by Gasteiger charge is -2.15. The zero-order valence-corrected chi connectivity index (χ0v) is 9.06. The lowest BCUT2D eigenvalue weighted by Crippen LogP contribution is -2.46. The van der Waals surface area contributed by atoms with E-state index in [9.17, 15) is 9.59 Å². The molecule has 0 aliphatic heterocycles. The SMILES string of the molecule is NCCCC[C@H](NCC(N)C(=O)O)C(=O)O. The Morgan fingerprint density at radius 1 is 1.19 bits per heavy atom. The highest BCUT2D eigenvalue weighted by Gasteiger charge is 2.19. The number of nitrogens with two attached hydrogens (primary N) is 2. The number of nitrogens with one attached hydrogen (secondary N) is 1. The minimum atomic E-state index is -1.15. The summed E-state index contributed by atoms with van der Waals surface area (Å²) in [5, 5.41) is 20.0. The summed E-state index contributed by atoms with van der Waals surface area (Å²) in [4.78, 5) is 21.2. The monoisotopic (exact) mass is 233 g/mol. The maximum atomic E-state index is 10.8. The average molecular weight is 233 g/mol. The summed E-state index contributed by atoms with van der Waals surface area (Å²) in [7, 11) is 0. The molecule has 0 amide bonds. The molecule has 0 saturated carbocycles. The molecule has 0 aliphatic carbocycles. The van der Waals surface area contributed by atoms with E-state index in [0.717, 1.165) is 6.42 Å². The molecule has 7 nitrogen and oxygen atoms in total. The summed E-state index contributed by atoms with van der Waals surface area (Å²) in [5.74, 6) is -2.16. The number of carboxylic acids is 2. The van der Waals surface area contributed by atoms with E-state index in [1.807, 2.05) is 0 Å². The Hall–Kier alpha value is -1.18. The smallest absolute Gasteiger partial charge is 0.321 e. The summed E-state index contributed by atoms with van der Waals surface area (Å²) in [6.45, 7) is 0.454. The van der Waals surface area contributed by atoms with Crippen LogP contribution in [0.3, 0.4) is 0 Å². The minimum Gasteiger partial charge on any atom is -0.480 e. The zero-order valence-electron chi connectivity index (χ0n) is 9.06. The maximum absolute atomic E-state index is 10.8. The first-order chi connectivity index (χ1) is 7.49. The Kier molecular flexibility index (Phi) is 7.44. The second-order valence-electron chi connectivity index (χ2n) is 3.53. The van der Waals surface area contributed by atoms with E-state index in [4.69, 9.17) is 21.7 Å². The summed E-state index contributed by atoms with van der Waals surface area (Å²) in [5.41, 5.74) is 10.5. The molecule has 0 aliphatic rings. The normalized spacial score (nSPS) is 14.4. The number of aliphatic carboxylic acids is 2. The molecule has 94 valence electrons. The number of hydrogen-bond acceptors (Lipinski definition) is 5. The fourth-order valence-corrected chi connectivity index (χ4v) is 1.16.